The number of methoxy groups -OCH3 is 1. The Kier molecular flexibility index (Phi) is 8.32. The number of aromatic nitrogens is 2. The van der Waals surface area contributed by atoms with Crippen molar-refractivity contribution in [3.63, 3.8) is 0 Å². The van der Waals surface area contributed by atoms with E-state index in [1.54, 1.807) is 36.5 Å². The van der Waals surface area contributed by atoms with Crippen LogP contribution in [0.3, 0.4) is 0 Å². The number of carbonyl (C=O) groups excluding carboxylic acids is 1. The van der Waals surface area contributed by atoms with E-state index in [0.29, 0.717) is 34.9 Å². The van der Waals surface area contributed by atoms with Gasteiger partial charge < -0.3 is 25.4 Å². The van der Waals surface area contributed by atoms with Crippen LogP contribution in [0.15, 0.2) is 60.8 Å². The van der Waals surface area contributed by atoms with Crippen LogP contribution in [0.5, 0.6) is 17.4 Å². The van der Waals surface area contributed by atoms with Gasteiger partial charge in [0.1, 0.15) is 5.75 Å². The zero-order chi connectivity index (χ0) is 30.8. The Balaban J connectivity index is 1.39. The van der Waals surface area contributed by atoms with Gasteiger partial charge in [0, 0.05) is 29.6 Å². The summed E-state index contributed by atoms with van der Waals surface area (Å²) in [7, 11) is -2.19. The maximum atomic E-state index is 13.3. The fourth-order valence-corrected chi connectivity index (χ4v) is 5.10. The molecule has 1 fully saturated rings. The van der Waals surface area contributed by atoms with E-state index >= 15 is 0 Å². The Morgan fingerprint density at radius 3 is 2.35 bits per heavy atom. The maximum Gasteiger partial charge on any atom is 0.323 e. The van der Waals surface area contributed by atoms with E-state index < -0.39 is 16.1 Å². The third-order valence-electron chi connectivity index (χ3n) is 6.93. The van der Waals surface area contributed by atoms with Gasteiger partial charge in [-0.15, -0.1) is 0 Å². The Labute approximate surface area is 251 Å². The van der Waals surface area contributed by atoms with Crippen LogP contribution >= 0.6 is 0 Å². The maximum absolute atomic E-state index is 13.3. The highest BCUT2D eigenvalue weighted by Crippen LogP contribution is 2.40. The van der Waals surface area contributed by atoms with Crippen molar-refractivity contribution in [1.82, 2.24) is 9.97 Å². The summed E-state index contributed by atoms with van der Waals surface area (Å²) in [5.74, 6) is 2.37. The molecule has 4 N–H and O–H groups in total. The minimum Gasteiger partial charge on any atom is -0.492 e. The van der Waals surface area contributed by atoms with Crippen LogP contribution in [0.25, 0.3) is 10.8 Å². The van der Waals surface area contributed by atoms with Crippen LogP contribution in [0.1, 0.15) is 39.2 Å². The molecular weight excluding hydrogens is 568 g/mol. The van der Waals surface area contributed by atoms with Crippen LogP contribution in [-0.2, 0) is 15.4 Å². The van der Waals surface area contributed by atoms with Gasteiger partial charge in [0.25, 0.3) is 0 Å². The number of anilines is 4. The van der Waals surface area contributed by atoms with Crippen LogP contribution in [0.4, 0.5) is 27.8 Å². The number of hydrogen-bond acceptors (Lipinski definition) is 8. The van der Waals surface area contributed by atoms with Gasteiger partial charge in [-0.1, -0.05) is 45.0 Å². The van der Waals surface area contributed by atoms with Crippen molar-refractivity contribution in [2.24, 2.45) is 5.92 Å². The smallest absolute Gasteiger partial charge is 0.323 e. The first kappa shape index (κ1) is 29.9. The lowest BCUT2D eigenvalue weighted by molar-refractivity contribution is 0.262. The van der Waals surface area contributed by atoms with Crippen molar-refractivity contribution in [2.45, 2.75) is 39.0 Å². The highest BCUT2D eigenvalue weighted by Gasteiger charge is 2.23. The van der Waals surface area contributed by atoms with Gasteiger partial charge in [-0.05, 0) is 54.0 Å². The lowest BCUT2D eigenvalue weighted by Gasteiger charge is -2.24. The van der Waals surface area contributed by atoms with Gasteiger partial charge in [0.2, 0.25) is 21.9 Å². The third kappa shape index (κ3) is 7.63. The summed E-state index contributed by atoms with van der Waals surface area (Å²) in [6, 6.07) is 15.7. The molecule has 0 unspecified atom stereocenters. The molecule has 4 aromatic rings. The molecule has 1 heterocycles. The molecule has 0 aliphatic heterocycles. The minimum atomic E-state index is -3.61. The van der Waals surface area contributed by atoms with Crippen LogP contribution < -0.4 is 30.1 Å². The summed E-state index contributed by atoms with van der Waals surface area (Å²) in [4.78, 5) is 22.1. The predicted molar refractivity (Wildman–Crippen MR) is 170 cm³/mol. The average molecular weight is 605 g/mol. The van der Waals surface area contributed by atoms with E-state index in [2.05, 4.69) is 30.6 Å². The first-order chi connectivity index (χ1) is 20.4. The Hall–Kier alpha value is -4.58. The Morgan fingerprint density at radius 2 is 1.67 bits per heavy atom. The number of fused-ring (bicyclic) bond motifs is 1. The average Bonchev–Trinajstić information content (AvgIpc) is 3.77. The highest BCUT2D eigenvalue weighted by atomic mass is 32.2. The second-order valence-corrected chi connectivity index (χ2v) is 13.4. The first-order valence-corrected chi connectivity index (χ1v) is 15.8. The lowest BCUT2D eigenvalue weighted by atomic mass is 9.86. The predicted octanol–water partition coefficient (Wildman–Crippen LogP) is 6.57. The van der Waals surface area contributed by atoms with Crippen molar-refractivity contribution in [3.05, 3.63) is 66.4 Å². The number of ether oxygens (including phenoxy) is 2. The van der Waals surface area contributed by atoms with Gasteiger partial charge in [-0.3, -0.25) is 4.72 Å². The second kappa shape index (κ2) is 12.0. The molecule has 0 bridgehead atoms. The molecule has 43 heavy (non-hydrogen) atoms. The molecule has 0 radical (unpaired) electrons. The van der Waals surface area contributed by atoms with Crippen LogP contribution in [-0.4, -0.2) is 44.3 Å². The molecule has 11 nitrogen and oxygen atoms in total. The molecule has 1 aliphatic rings. The summed E-state index contributed by atoms with van der Waals surface area (Å²) < 4.78 is 38.3. The standard InChI is InChI=1S/C31H36N6O5S/c1-31(2,3)20-16-24(28(41-4)25(17-20)37-43(5,39)40)35-30(38)34-23-12-13-26(22-9-7-6-8-21(22)23)42-27-14-15-32-29(36-27)33-18-19-10-11-19/h6-9,12-17,19,37H,10-11,18H2,1-5H3,(H,32,33,36)(H2,34,35,38). The number of urea groups is 1. The van der Waals surface area contributed by atoms with E-state index in [1.165, 1.54) is 20.0 Å². The van der Waals surface area contributed by atoms with Gasteiger partial charge in [0.15, 0.2) is 5.75 Å². The number of hydrogen-bond donors (Lipinski definition) is 4. The summed E-state index contributed by atoms with van der Waals surface area (Å²) in [6.07, 6.45) is 5.17. The lowest BCUT2D eigenvalue weighted by Crippen LogP contribution is -2.22. The van der Waals surface area contributed by atoms with E-state index in [1.807, 2.05) is 45.0 Å². The normalized spacial score (nSPS) is 13.3. The molecule has 1 aromatic heterocycles. The van der Waals surface area contributed by atoms with Gasteiger partial charge in [-0.2, -0.15) is 4.98 Å². The number of carbonyl (C=O) groups is 1. The largest absolute Gasteiger partial charge is 0.492 e. The van der Waals surface area contributed by atoms with E-state index in [0.717, 1.165) is 29.1 Å². The van der Waals surface area contributed by atoms with E-state index in [4.69, 9.17) is 9.47 Å². The first-order valence-electron chi connectivity index (χ1n) is 13.9. The number of benzene rings is 3. The van der Waals surface area contributed by atoms with Gasteiger partial charge in [-0.25, -0.2) is 18.2 Å². The van der Waals surface area contributed by atoms with E-state index in [9.17, 15) is 13.2 Å². The summed E-state index contributed by atoms with van der Waals surface area (Å²) in [6.45, 7) is 6.82. The van der Waals surface area contributed by atoms with Crippen molar-refractivity contribution >= 4 is 49.8 Å². The highest BCUT2D eigenvalue weighted by molar-refractivity contribution is 7.92. The zero-order valence-electron chi connectivity index (χ0n) is 24.8. The Bertz CT molecular complexity index is 1770. The molecular formula is C31H36N6O5S. The summed E-state index contributed by atoms with van der Waals surface area (Å²) in [5, 5.41) is 10.5. The monoisotopic (exact) mass is 604 g/mol. The van der Waals surface area contributed by atoms with Crippen LogP contribution in [0, 0.1) is 5.92 Å². The zero-order valence-corrected chi connectivity index (χ0v) is 25.6. The topological polar surface area (TPSA) is 144 Å². The number of nitrogens with one attached hydrogen (secondary N) is 4. The number of rotatable bonds is 10. The van der Waals surface area contributed by atoms with Crippen molar-refractivity contribution in [1.29, 1.82) is 0 Å². The fraction of sp³-hybridized carbons (Fsp3) is 0.323. The van der Waals surface area contributed by atoms with Crippen LogP contribution in [0.2, 0.25) is 0 Å². The fourth-order valence-electron chi connectivity index (χ4n) is 4.55. The van der Waals surface area contributed by atoms with Gasteiger partial charge in [0.05, 0.1) is 30.4 Å². The molecule has 12 heteroatoms. The minimum absolute atomic E-state index is 0.193. The number of nitrogens with zero attached hydrogens (tertiary/aromatic N) is 2. The summed E-state index contributed by atoms with van der Waals surface area (Å²) >= 11 is 0. The molecule has 0 atom stereocenters. The third-order valence-corrected chi connectivity index (χ3v) is 7.52. The molecule has 1 saturated carbocycles. The Morgan fingerprint density at radius 1 is 0.977 bits per heavy atom. The number of amides is 2. The van der Waals surface area contributed by atoms with Gasteiger partial charge >= 0.3 is 6.03 Å². The summed E-state index contributed by atoms with van der Waals surface area (Å²) in [5.41, 5.74) is 1.57. The molecule has 2 amide bonds. The quantitative estimate of drug-likeness (QED) is 0.159. The van der Waals surface area contributed by atoms with E-state index in [-0.39, 0.29) is 16.9 Å². The molecule has 1 aliphatic carbocycles. The van der Waals surface area contributed by atoms with Crippen molar-refractivity contribution in [2.75, 3.05) is 40.6 Å². The SMILES string of the molecule is COc1c(NC(=O)Nc2ccc(Oc3ccnc(NCC4CC4)n3)c3ccccc23)cc(C(C)(C)C)cc1NS(C)(=O)=O. The molecule has 0 spiro atoms. The molecule has 5 rings (SSSR count). The molecule has 0 saturated heterocycles. The van der Waals surface area contributed by atoms with Crippen molar-refractivity contribution in [3.8, 4) is 17.4 Å². The second-order valence-electron chi connectivity index (χ2n) is 11.6. The molecule has 226 valence electrons. The van der Waals surface area contributed by atoms with Crippen molar-refractivity contribution < 1.29 is 22.7 Å². The number of sulfonamides is 1. The molecule has 3 aromatic carbocycles.